The first kappa shape index (κ1) is 27.1. The third-order valence-electron chi connectivity index (χ3n) is 6.56. The summed E-state index contributed by atoms with van der Waals surface area (Å²) in [5, 5.41) is 0.634. The summed E-state index contributed by atoms with van der Waals surface area (Å²) in [5.41, 5.74) is 1.54. The number of fused-ring (bicyclic) bond motifs is 1. The number of hydrogen-bond donors (Lipinski definition) is 0. The minimum Gasteiger partial charge on any atom is -0.489 e. The number of likely N-dealkylation sites (tertiary alicyclic amines) is 1. The first-order valence-corrected chi connectivity index (χ1v) is 12.2. The Labute approximate surface area is 217 Å². The van der Waals surface area contributed by atoms with Crippen molar-refractivity contribution in [3.05, 3.63) is 58.1 Å². The maximum absolute atomic E-state index is 13.0. The van der Waals surface area contributed by atoms with Crippen LogP contribution in [0.2, 0.25) is 5.02 Å². The Balaban J connectivity index is 1.41. The number of esters is 2. The molecule has 4 rings (SSSR count). The van der Waals surface area contributed by atoms with E-state index in [2.05, 4.69) is 0 Å². The van der Waals surface area contributed by atoms with Crippen LogP contribution in [0.15, 0.2) is 36.4 Å². The number of carbonyl (C=O) groups is 2. The summed E-state index contributed by atoms with van der Waals surface area (Å²) in [7, 11) is 1.21. The molecule has 0 bridgehead atoms. The van der Waals surface area contributed by atoms with E-state index >= 15 is 0 Å². The van der Waals surface area contributed by atoms with E-state index in [9.17, 15) is 22.8 Å². The van der Waals surface area contributed by atoms with Gasteiger partial charge in [0.25, 0.3) is 0 Å². The van der Waals surface area contributed by atoms with Crippen LogP contribution in [0.5, 0.6) is 11.5 Å². The van der Waals surface area contributed by atoms with Crippen LogP contribution in [-0.4, -0.2) is 68.1 Å². The zero-order valence-corrected chi connectivity index (χ0v) is 21.2. The van der Waals surface area contributed by atoms with Crippen molar-refractivity contribution in [2.24, 2.45) is 0 Å². The number of halogens is 4. The first-order chi connectivity index (χ1) is 17.5. The smallest absolute Gasteiger partial charge is 0.489 e. The van der Waals surface area contributed by atoms with E-state index in [1.54, 1.807) is 25.1 Å². The van der Waals surface area contributed by atoms with Gasteiger partial charge in [-0.1, -0.05) is 23.2 Å². The molecule has 0 radical (unpaired) electrons. The Hall–Kier alpha value is -2.98. The average molecular weight is 542 g/mol. The Kier molecular flexibility index (Phi) is 7.89. The van der Waals surface area contributed by atoms with Crippen molar-refractivity contribution in [1.29, 1.82) is 0 Å². The second-order valence-corrected chi connectivity index (χ2v) is 9.78. The van der Waals surface area contributed by atoms with Crippen LogP contribution in [0.1, 0.15) is 34.3 Å². The number of hydrogen-bond acceptors (Lipinski definition) is 7. The van der Waals surface area contributed by atoms with Gasteiger partial charge in [0, 0.05) is 43.9 Å². The van der Waals surface area contributed by atoms with Gasteiger partial charge in [-0.05, 0) is 42.8 Å². The highest BCUT2D eigenvalue weighted by atomic mass is 35.5. The molecule has 0 saturated carbocycles. The van der Waals surface area contributed by atoms with E-state index in [0.717, 1.165) is 16.9 Å². The molecule has 2 heterocycles. The quantitative estimate of drug-likeness (QED) is 0.468. The normalized spacial score (nSPS) is 17.6. The Morgan fingerprint density at radius 1 is 1.16 bits per heavy atom. The van der Waals surface area contributed by atoms with Gasteiger partial charge in [0.2, 0.25) is 0 Å². The highest BCUT2D eigenvalue weighted by molar-refractivity contribution is 6.30. The standard InChI is InChI=1S/C26H27ClF3NO6/c1-16-3-5-22(20(11-16)23(32)34-2)35-15-19(36-24(33)26(28,29)30)14-31-9-7-25(8-10-31)13-17-12-18(27)4-6-21(17)37-25/h3-6,11-12,19H,7-10,13-15H2,1-2H3/t19-/m0/s1. The molecule has 2 aromatic rings. The highest BCUT2D eigenvalue weighted by Crippen LogP contribution is 2.42. The van der Waals surface area contributed by atoms with Crippen LogP contribution < -0.4 is 9.47 Å². The fourth-order valence-corrected chi connectivity index (χ4v) is 4.87. The van der Waals surface area contributed by atoms with Crippen molar-refractivity contribution in [2.75, 3.05) is 33.4 Å². The Morgan fingerprint density at radius 3 is 2.57 bits per heavy atom. The molecular formula is C26H27ClF3NO6. The number of rotatable bonds is 7. The van der Waals surface area contributed by atoms with Crippen LogP contribution in [0, 0.1) is 6.92 Å². The molecule has 7 nitrogen and oxygen atoms in total. The summed E-state index contributed by atoms with van der Waals surface area (Å²) < 4.78 is 60.3. The summed E-state index contributed by atoms with van der Waals surface area (Å²) in [5.74, 6) is -2.03. The largest absolute Gasteiger partial charge is 0.490 e. The molecule has 0 aromatic heterocycles. The van der Waals surface area contributed by atoms with Crippen molar-refractivity contribution in [1.82, 2.24) is 4.90 Å². The molecule has 2 aliphatic heterocycles. The van der Waals surface area contributed by atoms with Crippen molar-refractivity contribution < 1.29 is 41.7 Å². The topological polar surface area (TPSA) is 74.3 Å². The van der Waals surface area contributed by atoms with E-state index in [1.807, 2.05) is 17.0 Å². The fraction of sp³-hybridized carbons (Fsp3) is 0.462. The van der Waals surface area contributed by atoms with Gasteiger partial charge >= 0.3 is 18.1 Å². The first-order valence-electron chi connectivity index (χ1n) is 11.8. The Bertz CT molecular complexity index is 1160. The highest BCUT2D eigenvalue weighted by Gasteiger charge is 2.44. The van der Waals surface area contributed by atoms with E-state index < -0.39 is 29.8 Å². The monoisotopic (exact) mass is 541 g/mol. The zero-order valence-electron chi connectivity index (χ0n) is 20.4. The lowest BCUT2D eigenvalue weighted by atomic mass is 9.87. The molecule has 2 aliphatic rings. The molecule has 200 valence electrons. The van der Waals surface area contributed by atoms with E-state index in [1.165, 1.54) is 13.2 Å². The summed E-state index contributed by atoms with van der Waals surface area (Å²) in [6.45, 7) is 2.47. The maximum Gasteiger partial charge on any atom is 0.490 e. The third-order valence-corrected chi connectivity index (χ3v) is 6.80. The van der Waals surface area contributed by atoms with Crippen molar-refractivity contribution in [3.63, 3.8) is 0 Å². The number of piperidine rings is 1. The van der Waals surface area contributed by atoms with E-state index in [-0.39, 0.29) is 24.5 Å². The molecule has 1 spiro atoms. The molecule has 11 heteroatoms. The lowest BCUT2D eigenvalue weighted by Gasteiger charge is -2.39. The molecule has 0 aliphatic carbocycles. The second kappa shape index (κ2) is 10.8. The lowest BCUT2D eigenvalue weighted by Crippen LogP contribution is -2.50. The maximum atomic E-state index is 13.0. The summed E-state index contributed by atoms with van der Waals surface area (Å²) in [4.78, 5) is 25.7. The molecule has 37 heavy (non-hydrogen) atoms. The summed E-state index contributed by atoms with van der Waals surface area (Å²) >= 11 is 6.10. The number of aryl methyl sites for hydroxylation is 1. The van der Waals surface area contributed by atoms with Crippen molar-refractivity contribution in [2.45, 2.75) is 44.1 Å². The summed E-state index contributed by atoms with van der Waals surface area (Å²) in [6.07, 6.45) is -4.38. The number of nitrogens with zero attached hydrogens (tertiary/aromatic N) is 1. The molecule has 0 unspecified atom stereocenters. The zero-order chi connectivity index (χ0) is 26.8. The van der Waals surface area contributed by atoms with Gasteiger partial charge in [-0.15, -0.1) is 0 Å². The SMILES string of the molecule is COC(=O)c1cc(C)ccc1OC[C@H](CN1CCC2(CC1)Cc1cc(Cl)ccc1O2)OC(=O)C(F)(F)F. The van der Waals surface area contributed by atoms with Crippen LogP contribution in [-0.2, 0) is 20.7 Å². The van der Waals surface area contributed by atoms with Crippen LogP contribution >= 0.6 is 11.6 Å². The van der Waals surface area contributed by atoms with Crippen molar-refractivity contribution in [3.8, 4) is 11.5 Å². The molecular weight excluding hydrogens is 515 g/mol. The number of benzene rings is 2. The second-order valence-electron chi connectivity index (χ2n) is 9.34. The third kappa shape index (κ3) is 6.48. The molecule has 0 amide bonds. The summed E-state index contributed by atoms with van der Waals surface area (Å²) in [6, 6.07) is 10.3. The van der Waals surface area contributed by atoms with Gasteiger partial charge < -0.3 is 18.9 Å². The van der Waals surface area contributed by atoms with Gasteiger partial charge in [-0.3, -0.25) is 4.90 Å². The molecule has 1 fully saturated rings. The van der Waals surface area contributed by atoms with E-state index in [4.69, 9.17) is 30.5 Å². The Morgan fingerprint density at radius 2 is 1.89 bits per heavy atom. The predicted octanol–water partition coefficient (Wildman–Crippen LogP) is 4.76. The van der Waals surface area contributed by atoms with Gasteiger partial charge in [-0.2, -0.15) is 13.2 Å². The van der Waals surface area contributed by atoms with Crippen LogP contribution in [0.3, 0.4) is 0 Å². The van der Waals surface area contributed by atoms with Gasteiger partial charge in [-0.25, -0.2) is 9.59 Å². The minimum absolute atomic E-state index is 0.0239. The van der Waals surface area contributed by atoms with Crippen LogP contribution in [0.25, 0.3) is 0 Å². The number of alkyl halides is 3. The van der Waals surface area contributed by atoms with E-state index in [0.29, 0.717) is 37.4 Å². The number of carbonyl (C=O) groups excluding carboxylic acids is 2. The lowest BCUT2D eigenvalue weighted by molar-refractivity contribution is -0.206. The van der Waals surface area contributed by atoms with Crippen molar-refractivity contribution >= 4 is 23.5 Å². The minimum atomic E-state index is -5.14. The van der Waals surface area contributed by atoms with Gasteiger partial charge in [0.15, 0.2) is 0 Å². The fourth-order valence-electron chi connectivity index (χ4n) is 4.68. The molecule has 1 atom stereocenters. The average Bonchev–Trinajstić information content (AvgIpc) is 3.20. The molecule has 0 N–H and O–H groups in total. The van der Waals surface area contributed by atoms with Crippen LogP contribution in [0.4, 0.5) is 13.2 Å². The predicted molar refractivity (Wildman–Crippen MR) is 128 cm³/mol. The van der Waals surface area contributed by atoms with Gasteiger partial charge in [0.1, 0.15) is 35.4 Å². The molecule has 1 saturated heterocycles. The molecule has 2 aromatic carbocycles. The van der Waals surface area contributed by atoms with Gasteiger partial charge in [0.05, 0.1) is 7.11 Å². The number of methoxy groups -OCH3 is 1. The number of ether oxygens (including phenoxy) is 4.